The molecule has 0 spiro atoms. The van der Waals surface area contributed by atoms with Gasteiger partial charge in [-0.3, -0.25) is 4.79 Å². The van der Waals surface area contributed by atoms with Gasteiger partial charge in [-0.15, -0.1) is 0 Å². The molecule has 5 heteroatoms. The summed E-state index contributed by atoms with van der Waals surface area (Å²) in [6.45, 7) is 2.75. The van der Waals surface area contributed by atoms with Crippen molar-refractivity contribution in [3.8, 4) is 11.5 Å². The van der Waals surface area contributed by atoms with Gasteiger partial charge in [0.2, 0.25) is 0 Å². The van der Waals surface area contributed by atoms with Crippen LogP contribution in [0.4, 0.5) is 5.69 Å². The molecule has 2 aromatic rings. The SMILES string of the molecule is CCOc1ccc(N)cc1C(=O)NCc1cccc(OC)c1. The molecular weight excluding hydrogens is 280 g/mol. The van der Waals surface area contributed by atoms with Crippen molar-refractivity contribution in [2.75, 3.05) is 19.5 Å². The number of carbonyl (C=O) groups excluding carboxylic acids is 1. The van der Waals surface area contributed by atoms with Crippen LogP contribution in [0.15, 0.2) is 42.5 Å². The number of anilines is 1. The van der Waals surface area contributed by atoms with Crippen LogP contribution in [0.2, 0.25) is 0 Å². The largest absolute Gasteiger partial charge is 0.497 e. The minimum absolute atomic E-state index is 0.224. The molecule has 0 radical (unpaired) electrons. The van der Waals surface area contributed by atoms with Crippen LogP contribution in [0.25, 0.3) is 0 Å². The summed E-state index contributed by atoms with van der Waals surface area (Å²) in [5.41, 5.74) is 7.67. The molecule has 2 aromatic carbocycles. The Labute approximate surface area is 130 Å². The van der Waals surface area contributed by atoms with Gasteiger partial charge in [0.15, 0.2) is 0 Å². The molecule has 116 valence electrons. The Morgan fingerprint density at radius 1 is 1.23 bits per heavy atom. The summed E-state index contributed by atoms with van der Waals surface area (Å²) in [4.78, 5) is 12.3. The molecular formula is C17H20N2O3. The fraction of sp³-hybridized carbons (Fsp3) is 0.235. The van der Waals surface area contributed by atoms with Gasteiger partial charge in [-0.05, 0) is 42.8 Å². The van der Waals surface area contributed by atoms with E-state index in [4.69, 9.17) is 15.2 Å². The number of nitrogens with one attached hydrogen (secondary N) is 1. The summed E-state index contributed by atoms with van der Waals surface area (Å²) >= 11 is 0. The van der Waals surface area contributed by atoms with Crippen molar-refractivity contribution in [3.05, 3.63) is 53.6 Å². The Hall–Kier alpha value is -2.69. The molecule has 0 heterocycles. The van der Waals surface area contributed by atoms with Gasteiger partial charge in [-0.1, -0.05) is 12.1 Å². The Kier molecular flexibility index (Phi) is 5.25. The quantitative estimate of drug-likeness (QED) is 0.804. The van der Waals surface area contributed by atoms with Gasteiger partial charge in [0.25, 0.3) is 5.91 Å². The Balaban J connectivity index is 2.10. The van der Waals surface area contributed by atoms with Gasteiger partial charge in [-0.25, -0.2) is 0 Å². The summed E-state index contributed by atoms with van der Waals surface area (Å²) < 4.78 is 10.6. The number of nitrogens with two attached hydrogens (primary N) is 1. The average molecular weight is 300 g/mol. The average Bonchev–Trinajstić information content (AvgIpc) is 2.54. The summed E-state index contributed by atoms with van der Waals surface area (Å²) in [6.07, 6.45) is 0. The number of benzene rings is 2. The number of methoxy groups -OCH3 is 1. The predicted molar refractivity (Wildman–Crippen MR) is 86.2 cm³/mol. The minimum atomic E-state index is -0.224. The van der Waals surface area contributed by atoms with Crippen LogP contribution >= 0.6 is 0 Å². The molecule has 5 nitrogen and oxygen atoms in total. The van der Waals surface area contributed by atoms with Crippen molar-refractivity contribution in [1.82, 2.24) is 5.32 Å². The number of hydrogen-bond donors (Lipinski definition) is 2. The number of hydrogen-bond acceptors (Lipinski definition) is 4. The highest BCUT2D eigenvalue weighted by atomic mass is 16.5. The lowest BCUT2D eigenvalue weighted by atomic mass is 10.1. The van der Waals surface area contributed by atoms with Crippen LogP contribution in [0.1, 0.15) is 22.8 Å². The molecule has 0 aromatic heterocycles. The van der Waals surface area contributed by atoms with Crippen molar-refractivity contribution in [2.45, 2.75) is 13.5 Å². The Morgan fingerprint density at radius 3 is 2.77 bits per heavy atom. The standard InChI is InChI=1S/C17H20N2O3/c1-3-22-16-8-7-13(18)10-15(16)17(20)19-11-12-5-4-6-14(9-12)21-2/h4-10H,3,11,18H2,1-2H3,(H,19,20). The molecule has 0 aliphatic heterocycles. The van der Waals surface area contributed by atoms with E-state index in [9.17, 15) is 4.79 Å². The number of amides is 1. The molecule has 0 fully saturated rings. The zero-order valence-corrected chi connectivity index (χ0v) is 12.8. The molecule has 0 saturated heterocycles. The van der Waals surface area contributed by atoms with Crippen LogP contribution in [0, 0.1) is 0 Å². The third kappa shape index (κ3) is 3.91. The van der Waals surface area contributed by atoms with Gasteiger partial charge < -0.3 is 20.5 Å². The highest BCUT2D eigenvalue weighted by Gasteiger charge is 2.13. The molecule has 1 amide bonds. The molecule has 0 bridgehead atoms. The van der Waals surface area contributed by atoms with Gasteiger partial charge in [0, 0.05) is 12.2 Å². The van der Waals surface area contributed by atoms with E-state index in [0.717, 1.165) is 11.3 Å². The van der Waals surface area contributed by atoms with Crippen LogP contribution in [-0.4, -0.2) is 19.6 Å². The second-order valence-electron chi connectivity index (χ2n) is 4.72. The molecule has 0 aliphatic carbocycles. The number of nitrogen functional groups attached to an aromatic ring is 1. The first-order chi connectivity index (χ1) is 10.6. The molecule has 0 unspecified atom stereocenters. The van der Waals surface area contributed by atoms with E-state index in [1.165, 1.54) is 0 Å². The smallest absolute Gasteiger partial charge is 0.255 e. The lowest BCUT2D eigenvalue weighted by Gasteiger charge is -2.12. The third-order valence-electron chi connectivity index (χ3n) is 3.14. The maximum atomic E-state index is 12.3. The summed E-state index contributed by atoms with van der Waals surface area (Å²) in [7, 11) is 1.61. The normalized spacial score (nSPS) is 10.1. The summed E-state index contributed by atoms with van der Waals surface area (Å²) in [5.74, 6) is 1.06. The third-order valence-corrected chi connectivity index (χ3v) is 3.14. The summed E-state index contributed by atoms with van der Waals surface area (Å²) in [5, 5.41) is 2.86. The van der Waals surface area contributed by atoms with Crippen LogP contribution < -0.4 is 20.5 Å². The molecule has 22 heavy (non-hydrogen) atoms. The molecule has 3 N–H and O–H groups in total. The predicted octanol–water partition coefficient (Wildman–Crippen LogP) is 2.61. The van der Waals surface area contributed by atoms with Gasteiger partial charge in [-0.2, -0.15) is 0 Å². The zero-order chi connectivity index (χ0) is 15.9. The van der Waals surface area contributed by atoms with Gasteiger partial charge in [0.05, 0.1) is 19.3 Å². The fourth-order valence-electron chi connectivity index (χ4n) is 2.07. The highest BCUT2D eigenvalue weighted by molar-refractivity contribution is 5.97. The van der Waals surface area contributed by atoms with E-state index < -0.39 is 0 Å². The Morgan fingerprint density at radius 2 is 2.05 bits per heavy atom. The van der Waals surface area contributed by atoms with Gasteiger partial charge in [0.1, 0.15) is 11.5 Å². The topological polar surface area (TPSA) is 73.6 Å². The maximum absolute atomic E-state index is 12.3. The van der Waals surface area contributed by atoms with Crippen molar-refractivity contribution in [2.24, 2.45) is 0 Å². The minimum Gasteiger partial charge on any atom is -0.497 e. The van der Waals surface area contributed by atoms with Crippen molar-refractivity contribution < 1.29 is 14.3 Å². The van der Waals surface area contributed by atoms with Crippen LogP contribution in [0.5, 0.6) is 11.5 Å². The van der Waals surface area contributed by atoms with E-state index >= 15 is 0 Å². The summed E-state index contributed by atoms with van der Waals surface area (Å²) in [6, 6.07) is 12.6. The highest BCUT2D eigenvalue weighted by Crippen LogP contribution is 2.21. The van der Waals surface area contributed by atoms with Crippen molar-refractivity contribution >= 4 is 11.6 Å². The van der Waals surface area contributed by atoms with Crippen molar-refractivity contribution in [1.29, 1.82) is 0 Å². The van der Waals surface area contributed by atoms with E-state index in [1.807, 2.05) is 31.2 Å². The van der Waals surface area contributed by atoms with E-state index in [2.05, 4.69) is 5.32 Å². The van der Waals surface area contributed by atoms with Crippen molar-refractivity contribution in [3.63, 3.8) is 0 Å². The fourth-order valence-corrected chi connectivity index (χ4v) is 2.07. The van der Waals surface area contributed by atoms with E-state index in [1.54, 1.807) is 25.3 Å². The first-order valence-electron chi connectivity index (χ1n) is 7.07. The zero-order valence-electron chi connectivity index (χ0n) is 12.8. The van der Waals surface area contributed by atoms with E-state index in [0.29, 0.717) is 30.2 Å². The molecule has 0 aliphatic rings. The first-order valence-corrected chi connectivity index (χ1v) is 7.07. The second-order valence-corrected chi connectivity index (χ2v) is 4.72. The number of ether oxygens (including phenoxy) is 2. The molecule has 0 saturated carbocycles. The van der Waals surface area contributed by atoms with Crippen LogP contribution in [0.3, 0.4) is 0 Å². The second kappa shape index (κ2) is 7.36. The maximum Gasteiger partial charge on any atom is 0.255 e. The lowest BCUT2D eigenvalue weighted by molar-refractivity contribution is 0.0947. The van der Waals surface area contributed by atoms with E-state index in [-0.39, 0.29) is 5.91 Å². The monoisotopic (exact) mass is 300 g/mol. The van der Waals surface area contributed by atoms with Crippen LogP contribution in [-0.2, 0) is 6.54 Å². The molecule has 2 rings (SSSR count). The lowest BCUT2D eigenvalue weighted by Crippen LogP contribution is -2.23. The van der Waals surface area contributed by atoms with Gasteiger partial charge >= 0.3 is 0 Å². The first kappa shape index (κ1) is 15.7. The Bertz CT molecular complexity index is 656. The number of rotatable bonds is 6. The molecule has 0 atom stereocenters. The number of carbonyl (C=O) groups is 1.